The number of halogens is 2. The van der Waals surface area contributed by atoms with Crippen molar-refractivity contribution in [2.24, 2.45) is 0 Å². The summed E-state index contributed by atoms with van der Waals surface area (Å²) in [5.41, 5.74) is 0.747. The van der Waals surface area contributed by atoms with E-state index in [-0.39, 0.29) is 5.54 Å². The summed E-state index contributed by atoms with van der Waals surface area (Å²) >= 11 is 0. The van der Waals surface area contributed by atoms with Crippen molar-refractivity contribution in [3.63, 3.8) is 0 Å². The van der Waals surface area contributed by atoms with Crippen LogP contribution < -0.4 is 5.32 Å². The van der Waals surface area contributed by atoms with Crippen molar-refractivity contribution in [1.29, 1.82) is 0 Å². The molecule has 4 heteroatoms. The van der Waals surface area contributed by atoms with Crippen LogP contribution in [-0.2, 0) is 6.54 Å². The molecule has 0 spiro atoms. The quantitative estimate of drug-likeness (QED) is 0.911. The van der Waals surface area contributed by atoms with Gasteiger partial charge in [0.05, 0.1) is 0 Å². The zero-order chi connectivity index (χ0) is 14.8. The maximum atomic E-state index is 13.3. The van der Waals surface area contributed by atoms with E-state index in [1.807, 2.05) is 0 Å². The summed E-state index contributed by atoms with van der Waals surface area (Å²) in [6.45, 7) is 8.90. The van der Waals surface area contributed by atoms with E-state index in [2.05, 4.69) is 31.0 Å². The van der Waals surface area contributed by atoms with Crippen molar-refractivity contribution in [2.75, 3.05) is 13.1 Å². The SMILES string of the molecule is CCCC1CNC(C)(C)CN1Cc1cc(F)cc(F)c1. The van der Waals surface area contributed by atoms with Crippen LogP contribution in [0.3, 0.4) is 0 Å². The van der Waals surface area contributed by atoms with Crippen molar-refractivity contribution in [3.8, 4) is 0 Å². The van der Waals surface area contributed by atoms with Crippen LogP contribution in [0.15, 0.2) is 18.2 Å². The zero-order valence-electron chi connectivity index (χ0n) is 12.5. The van der Waals surface area contributed by atoms with Gasteiger partial charge in [-0.2, -0.15) is 0 Å². The molecule has 1 saturated heterocycles. The second-order valence-corrected chi connectivity index (χ2v) is 6.39. The Bertz CT molecular complexity index is 440. The van der Waals surface area contributed by atoms with Gasteiger partial charge in [-0.1, -0.05) is 13.3 Å². The first-order valence-electron chi connectivity index (χ1n) is 7.33. The Morgan fingerprint density at radius 1 is 1.25 bits per heavy atom. The van der Waals surface area contributed by atoms with Gasteiger partial charge in [-0.15, -0.1) is 0 Å². The highest BCUT2D eigenvalue weighted by atomic mass is 19.1. The fourth-order valence-electron chi connectivity index (χ4n) is 2.96. The fourth-order valence-corrected chi connectivity index (χ4v) is 2.96. The summed E-state index contributed by atoms with van der Waals surface area (Å²) in [7, 11) is 0. The molecular formula is C16H24F2N2. The van der Waals surface area contributed by atoms with Crippen LogP contribution >= 0.6 is 0 Å². The molecule has 0 aromatic heterocycles. The third-order valence-electron chi connectivity index (χ3n) is 3.86. The average molecular weight is 282 g/mol. The third kappa shape index (κ3) is 4.00. The standard InChI is InChI=1S/C16H24F2N2/c1-4-5-15-9-19-16(2,3)11-20(15)10-12-6-13(17)8-14(18)7-12/h6-8,15,19H,4-5,9-11H2,1-3H3. The van der Waals surface area contributed by atoms with Gasteiger partial charge in [0, 0.05) is 37.3 Å². The molecule has 1 unspecified atom stereocenters. The first-order chi connectivity index (χ1) is 9.39. The highest BCUT2D eigenvalue weighted by molar-refractivity contribution is 5.18. The highest BCUT2D eigenvalue weighted by Gasteiger charge is 2.31. The average Bonchev–Trinajstić information content (AvgIpc) is 2.31. The third-order valence-corrected chi connectivity index (χ3v) is 3.86. The van der Waals surface area contributed by atoms with Gasteiger partial charge in [0.2, 0.25) is 0 Å². The van der Waals surface area contributed by atoms with Gasteiger partial charge in [0.15, 0.2) is 0 Å². The topological polar surface area (TPSA) is 15.3 Å². The number of nitrogens with one attached hydrogen (secondary N) is 1. The van der Waals surface area contributed by atoms with Crippen LogP contribution in [0, 0.1) is 11.6 Å². The van der Waals surface area contributed by atoms with Crippen LogP contribution in [0.4, 0.5) is 8.78 Å². The number of benzene rings is 1. The predicted octanol–water partition coefficient (Wildman–Crippen LogP) is 3.32. The highest BCUT2D eigenvalue weighted by Crippen LogP contribution is 2.21. The van der Waals surface area contributed by atoms with Crippen LogP contribution in [0.25, 0.3) is 0 Å². The summed E-state index contributed by atoms with van der Waals surface area (Å²) in [5.74, 6) is -0.997. The number of nitrogens with zero attached hydrogens (tertiary/aromatic N) is 1. The number of hydrogen-bond acceptors (Lipinski definition) is 2. The molecule has 1 aliphatic heterocycles. The fraction of sp³-hybridized carbons (Fsp3) is 0.625. The first kappa shape index (κ1) is 15.4. The van der Waals surface area contributed by atoms with Crippen LogP contribution in [0.1, 0.15) is 39.2 Å². The minimum Gasteiger partial charge on any atom is -0.309 e. The molecule has 20 heavy (non-hydrogen) atoms. The number of piperazine rings is 1. The second-order valence-electron chi connectivity index (χ2n) is 6.39. The molecule has 2 nitrogen and oxygen atoms in total. The molecule has 1 atom stereocenters. The molecule has 0 amide bonds. The van der Waals surface area contributed by atoms with Gasteiger partial charge in [0.1, 0.15) is 11.6 Å². The Kier molecular flexibility index (Phi) is 4.76. The Morgan fingerprint density at radius 2 is 1.90 bits per heavy atom. The van der Waals surface area contributed by atoms with Gasteiger partial charge in [-0.25, -0.2) is 8.78 Å². The normalized spacial score (nSPS) is 22.9. The summed E-state index contributed by atoms with van der Waals surface area (Å²) < 4.78 is 26.6. The second kappa shape index (κ2) is 6.19. The van der Waals surface area contributed by atoms with Gasteiger partial charge in [0.25, 0.3) is 0 Å². The lowest BCUT2D eigenvalue weighted by Gasteiger charge is -2.44. The predicted molar refractivity (Wildman–Crippen MR) is 77.5 cm³/mol. The summed E-state index contributed by atoms with van der Waals surface area (Å²) in [6, 6.07) is 4.22. The molecule has 0 saturated carbocycles. The van der Waals surface area contributed by atoms with E-state index in [1.54, 1.807) is 0 Å². The Balaban J connectivity index is 2.13. The van der Waals surface area contributed by atoms with Crippen LogP contribution in [0.2, 0.25) is 0 Å². The molecule has 0 aliphatic carbocycles. The Labute approximate surface area is 120 Å². The van der Waals surface area contributed by atoms with Crippen LogP contribution in [0.5, 0.6) is 0 Å². The molecule has 1 aromatic carbocycles. The smallest absolute Gasteiger partial charge is 0.126 e. The maximum Gasteiger partial charge on any atom is 0.126 e. The van der Waals surface area contributed by atoms with E-state index >= 15 is 0 Å². The van der Waals surface area contributed by atoms with E-state index in [0.29, 0.717) is 18.2 Å². The minimum atomic E-state index is -0.499. The molecule has 0 bridgehead atoms. The molecule has 1 fully saturated rings. The largest absolute Gasteiger partial charge is 0.309 e. The molecular weight excluding hydrogens is 258 g/mol. The van der Waals surface area contributed by atoms with Gasteiger partial charge in [-0.05, 0) is 38.0 Å². The monoisotopic (exact) mass is 282 g/mol. The van der Waals surface area contributed by atoms with E-state index in [0.717, 1.165) is 32.0 Å². The molecule has 2 rings (SSSR count). The van der Waals surface area contributed by atoms with E-state index < -0.39 is 11.6 Å². The first-order valence-corrected chi connectivity index (χ1v) is 7.33. The molecule has 0 radical (unpaired) electrons. The lowest BCUT2D eigenvalue weighted by Crippen LogP contribution is -2.61. The van der Waals surface area contributed by atoms with E-state index in [4.69, 9.17) is 0 Å². The van der Waals surface area contributed by atoms with Gasteiger partial charge in [-0.3, -0.25) is 4.90 Å². The molecule has 1 aliphatic rings. The minimum absolute atomic E-state index is 0.0378. The van der Waals surface area contributed by atoms with Gasteiger partial charge < -0.3 is 5.32 Å². The molecule has 112 valence electrons. The molecule has 1 N–H and O–H groups in total. The zero-order valence-corrected chi connectivity index (χ0v) is 12.5. The summed E-state index contributed by atoms with van der Waals surface area (Å²) in [6.07, 6.45) is 2.21. The van der Waals surface area contributed by atoms with E-state index in [1.165, 1.54) is 12.1 Å². The number of hydrogen-bond donors (Lipinski definition) is 1. The molecule has 1 aromatic rings. The van der Waals surface area contributed by atoms with Crippen molar-refractivity contribution in [3.05, 3.63) is 35.4 Å². The van der Waals surface area contributed by atoms with Crippen LogP contribution in [-0.4, -0.2) is 29.6 Å². The van der Waals surface area contributed by atoms with Crippen molar-refractivity contribution >= 4 is 0 Å². The maximum absolute atomic E-state index is 13.3. The van der Waals surface area contributed by atoms with Gasteiger partial charge >= 0.3 is 0 Å². The lowest BCUT2D eigenvalue weighted by molar-refractivity contribution is 0.0825. The lowest BCUT2D eigenvalue weighted by atomic mass is 9.96. The van der Waals surface area contributed by atoms with Crippen molar-refractivity contribution < 1.29 is 8.78 Å². The summed E-state index contributed by atoms with van der Waals surface area (Å²) in [5, 5.41) is 3.54. The molecule has 1 heterocycles. The number of rotatable bonds is 4. The van der Waals surface area contributed by atoms with E-state index in [9.17, 15) is 8.78 Å². The Hall–Kier alpha value is -1.00. The summed E-state index contributed by atoms with van der Waals surface area (Å²) in [4.78, 5) is 2.34. The van der Waals surface area contributed by atoms with Crippen molar-refractivity contribution in [1.82, 2.24) is 10.2 Å². The Morgan fingerprint density at radius 3 is 2.50 bits per heavy atom. The van der Waals surface area contributed by atoms with Crippen molar-refractivity contribution in [2.45, 2.75) is 51.7 Å².